The molecule has 0 saturated carbocycles. The summed E-state index contributed by atoms with van der Waals surface area (Å²) in [6.07, 6.45) is 1.47. The third kappa shape index (κ3) is 4.50. The molecule has 34 heavy (non-hydrogen) atoms. The molecule has 0 radical (unpaired) electrons. The molecule has 0 aromatic heterocycles. The Morgan fingerprint density at radius 2 is 1.68 bits per heavy atom. The zero-order valence-corrected chi connectivity index (χ0v) is 18.6. The van der Waals surface area contributed by atoms with Crippen LogP contribution in [0, 0.1) is 0 Å². The van der Waals surface area contributed by atoms with Crippen LogP contribution in [0.15, 0.2) is 18.2 Å². The molecule has 1 aromatic carbocycles. The van der Waals surface area contributed by atoms with Crippen molar-refractivity contribution in [3.05, 3.63) is 29.3 Å². The zero-order valence-electron chi connectivity index (χ0n) is 18.6. The summed E-state index contributed by atoms with van der Waals surface area (Å²) in [6.45, 7) is 1.83. The number of unbranched alkanes of at least 4 members (excludes halogenated alkanes) is 1. The fraction of sp³-hybridized carbons (Fsp3) is 0.478. The van der Waals surface area contributed by atoms with Crippen LogP contribution >= 0.6 is 0 Å². The van der Waals surface area contributed by atoms with Gasteiger partial charge >= 0.3 is 5.97 Å². The van der Waals surface area contributed by atoms with Crippen molar-refractivity contribution in [2.45, 2.75) is 44.6 Å². The van der Waals surface area contributed by atoms with E-state index in [-0.39, 0.29) is 36.3 Å². The van der Waals surface area contributed by atoms with Gasteiger partial charge < -0.3 is 14.9 Å². The molecule has 0 bridgehead atoms. The molecule has 1 unspecified atom stereocenters. The minimum Gasteiger partial charge on any atom is -0.481 e. The first kappa shape index (κ1) is 23.4. The van der Waals surface area contributed by atoms with E-state index in [0.29, 0.717) is 51.1 Å². The summed E-state index contributed by atoms with van der Waals surface area (Å²) in [4.78, 5) is 77.7. The first-order valence-corrected chi connectivity index (χ1v) is 11.4. The molecule has 0 spiro atoms. The van der Waals surface area contributed by atoms with Gasteiger partial charge in [0.05, 0.1) is 16.8 Å². The molecule has 4 rings (SSSR count). The monoisotopic (exact) mass is 470 g/mol. The number of carbonyl (C=O) groups excluding carboxylic acids is 5. The van der Waals surface area contributed by atoms with E-state index in [1.807, 2.05) is 4.90 Å². The molecule has 3 aliphatic heterocycles. The molecule has 180 valence electrons. The van der Waals surface area contributed by atoms with Crippen LogP contribution in [0.1, 0.15) is 59.2 Å². The first-order chi connectivity index (χ1) is 16.3. The van der Waals surface area contributed by atoms with Crippen LogP contribution < -0.4 is 10.2 Å². The van der Waals surface area contributed by atoms with Crippen molar-refractivity contribution in [1.82, 2.24) is 15.1 Å². The maximum Gasteiger partial charge on any atom is 0.303 e. The summed E-state index contributed by atoms with van der Waals surface area (Å²) < 4.78 is 0. The van der Waals surface area contributed by atoms with Crippen LogP contribution in [-0.4, -0.2) is 82.6 Å². The fourth-order valence-corrected chi connectivity index (χ4v) is 4.67. The highest BCUT2D eigenvalue weighted by Crippen LogP contribution is 2.34. The molecule has 5 amide bonds. The van der Waals surface area contributed by atoms with E-state index < -0.39 is 35.6 Å². The highest BCUT2D eigenvalue weighted by atomic mass is 16.4. The van der Waals surface area contributed by atoms with Crippen molar-refractivity contribution in [3.63, 3.8) is 0 Å². The summed E-state index contributed by atoms with van der Waals surface area (Å²) in [5.74, 6) is -3.08. The second-order valence-corrected chi connectivity index (χ2v) is 8.62. The number of carboxylic acids is 1. The van der Waals surface area contributed by atoms with Gasteiger partial charge in [-0.2, -0.15) is 0 Å². The van der Waals surface area contributed by atoms with Gasteiger partial charge in [0.25, 0.3) is 11.8 Å². The van der Waals surface area contributed by atoms with Crippen LogP contribution in [0.2, 0.25) is 0 Å². The number of amides is 5. The maximum atomic E-state index is 13.3. The number of fused-ring (bicyclic) bond motifs is 1. The molecule has 3 aliphatic rings. The predicted molar refractivity (Wildman–Crippen MR) is 118 cm³/mol. The Kier molecular flexibility index (Phi) is 6.62. The van der Waals surface area contributed by atoms with Gasteiger partial charge in [-0.1, -0.05) is 6.07 Å². The number of anilines is 1. The van der Waals surface area contributed by atoms with E-state index in [1.165, 1.54) is 0 Å². The third-order valence-corrected chi connectivity index (χ3v) is 6.45. The summed E-state index contributed by atoms with van der Waals surface area (Å²) in [5, 5.41) is 10.9. The number of hydrogen-bond acceptors (Lipinski definition) is 7. The highest BCUT2D eigenvalue weighted by molar-refractivity contribution is 6.25. The number of nitrogens with zero attached hydrogens (tertiary/aromatic N) is 3. The van der Waals surface area contributed by atoms with Gasteiger partial charge in [-0.3, -0.25) is 39.0 Å². The molecule has 3 heterocycles. The first-order valence-electron chi connectivity index (χ1n) is 11.4. The highest BCUT2D eigenvalue weighted by Gasteiger charge is 2.46. The standard InChI is InChI=1S/C23H26N4O7/c28-17-9-8-16(21(32)24-17)27-22(33)14-4-3-5-15(20(14)23(27)34)25-10-12-26(13-11-25)18(29)6-1-2-7-19(30)31/h3-5,16H,1-2,6-13H2,(H,30,31)(H,24,28,32). The van der Waals surface area contributed by atoms with E-state index in [0.717, 1.165) is 4.90 Å². The largest absolute Gasteiger partial charge is 0.481 e. The SMILES string of the molecule is O=C(O)CCCCC(=O)N1CCN(c2cccc3c2C(=O)N(C2CCC(=O)NC2=O)C3=O)CC1. The molecule has 2 fully saturated rings. The smallest absolute Gasteiger partial charge is 0.303 e. The van der Waals surface area contributed by atoms with Crippen LogP contribution in [0.4, 0.5) is 5.69 Å². The number of benzene rings is 1. The zero-order chi connectivity index (χ0) is 24.4. The second kappa shape index (κ2) is 9.62. The van der Waals surface area contributed by atoms with Crippen LogP contribution in [0.25, 0.3) is 0 Å². The molecule has 11 heteroatoms. The Hall–Kier alpha value is -3.76. The number of hydrogen-bond donors (Lipinski definition) is 2. The molecule has 2 saturated heterocycles. The molecule has 1 aromatic rings. The van der Waals surface area contributed by atoms with Crippen molar-refractivity contribution in [2.75, 3.05) is 31.1 Å². The van der Waals surface area contributed by atoms with Gasteiger partial charge in [0, 0.05) is 45.4 Å². The Morgan fingerprint density at radius 3 is 2.35 bits per heavy atom. The van der Waals surface area contributed by atoms with Crippen molar-refractivity contribution in [3.8, 4) is 0 Å². The molecular formula is C23H26N4O7. The lowest BCUT2D eigenvalue weighted by atomic mass is 10.0. The lowest BCUT2D eigenvalue weighted by Crippen LogP contribution is -2.54. The molecule has 1 atom stereocenters. The van der Waals surface area contributed by atoms with Crippen molar-refractivity contribution >= 4 is 41.2 Å². The molecular weight excluding hydrogens is 444 g/mol. The Bertz CT molecular complexity index is 1060. The van der Waals surface area contributed by atoms with Crippen molar-refractivity contribution in [2.24, 2.45) is 0 Å². The lowest BCUT2D eigenvalue weighted by Gasteiger charge is -2.37. The topological polar surface area (TPSA) is 144 Å². The number of piperazine rings is 1. The number of carboxylic acid groups (broad SMARTS) is 1. The Labute approximate surface area is 195 Å². The normalized spacial score (nSPS) is 20.5. The number of aliphatic carboxylic acids is 1. The lowest BCUT2D eigenvalue weighted by molar-refractivity contribution is -0.138. The summed E-state index contributed by atoms with van der Waals surface area (Å²) in [5.41, 5.74) is 1.05. The maximum absolute atomic E-state index is 13.3. The van der Waals surface area contributed by atoms with Crippen LogP contribution in [-0.2, 0) is 19.2 Å². The number of nitrogens with one attached hydrogen (secondary N) is 1. The van der Waals surface area contributed by atoms with Gasteiger partial charge in [-0.15, -0.1) is 0 Å². The Morgan fingerprint density at radius 1 is 0.971 bits per heavy atom. The van der Waals surface area contributed by atoms with Crippen LogP contribution in [0.3, 0.4) is 0 Å². The van der Waals surface area contributed by atoms with Crippen molar-refractivity contribution in [1.29, 1.82) is 0 Å². The van der Waals surface area contributed by atoms with Crippen molar-refractivity contribution < 1.29 is 33.9 Å². The third-order valence-electron chi connectivity index (χ3n) is 6.45. The van der Waals surface area contributed by atoms with Gasteiger partial charge in [-0.05, 0) is 31.4 Å². The minimum atomic E-state index is -1.02. The minimum absolute atomic E-state index is 0.0291. The van der Waals surface area contributed by atoms with E-state index >= 15 is 0 Å². The average molecular weight is 470 g/mol. The van der Waals surface area contributed by atoms with E-state index in [1.54, 1.807) is 23.1 Å². The average Bonchev–Trinajstić information content (AvgIpc) is 3.07. The van der Waals surface area contributed by atoms with E-state index in [9.17, 15) is 28.8 Å². The Balaban J connectivity index is 1.43. The molecule has 2 N–H and O–H groups in total. The fourth-order valence-electron chi connectivity index (χ4n) is 4.67. The summed E-state index contributed by atoms with van der Waals surface area (Å²) in [7, 11) is 0. The number of imide groups is 2. The number of rotatable bonds is 7. The van der Waals surface area contributed by atoms with Gasteiger partial charge in [0.1, 0.15) is 6.04 Å². The van der Waals surface area contributed by atoms with Gasteiger partial charge in [0.15, 0.2) is 0 Å². The quantitative estimate of drug-likeness (QED) is 0.430. The van der Waals surface area contributed by atoms with E-state index in [2.05, 4.69) is 5.32 Å². The van der Waals surface area contributed by atoms with Gasteiger partial charge in [-0.25, -0.2) is 0 Å². The summed E-state index contributed by atoms with van der Waals surface area (Å²) in [6, 6.07) is 3.98. The summed E-state index contributed by atoms with van der Waals surface area (Å²) >= 11 is 0. The second-order valence-electron chi connectivity index (χ2n) is 8.62. The van der Waals surface area contributed by atoms with E-state index in [4.69, 9.17) is 5.11 Å². The number of piperidine rings is 1. The number of carbonyl (C=O) groups is 6. The van der Waals surface area contributed by atoms with Crippen LogP contribution in [0.5, 0.6) is 0 Å². The van der Waals surface area contributed by atoms with Gasteiger partial charge in [0.2, 0.25) is 17.7 Å². The molecule has 11 nitrogen and oxygen atoms in total. The molecule has 0 aliphatic carbocycles. The predicted octanol–water partition coefficient (Wildman–Crippen LogP) is 0.381.